The lowest BCUT2D eigenvalue weighted by Crippen LogP contribution is -2.25. The summed E-state index contributed by atoms with van der Waals surface area (Å²) < 4.78 is 0. The first-order valence-electron chi connectivity index (χ1n) is 7.16. The predicted octanol–water partition coefficient (Wildman–Crippen LogP) is 2.61. The molecule has 0 radical (unpaired) electrons. The second-order valence-electron chi connectivity index (χ2n) is 5.69. The van der Waals surface area contributed by atoms with Crippen LogP contribution in [0.3, 0.4) is 0 Å². The van der Waals surface area contributed by atoms with Crippen molar-refractivity contribution >= 4 is 11.6 Å². The normalized spacial score (nSPS) is 19.2. The highest BCUT2D eigenvalue weighted by atomic mass is 15.1. The summed E-state index contributed by atoms with van der Waals surface area (Å²) in [6.45, 7) is 2.14. The van der Waals surface area contributed by atoms with Gasteiger partial charge in [0, 0.05) is 18.5 Å². The standard InChI is InChI=1S/C14H22N4/c1-2-3-12-16-11(15)8-13(17-12)18-14(9-4-5-9)10-6-7-10/h8-10,14H,2-7H2,1H3,(H3,15,16,17,18). The fraction of sp³-hybridized carbons (Fsp3) is 0.714. The third kappa shape index (κ3) is 2.74. The summed E-state index contributed by atoms with van der Waals surface area (Å²) >= 11 is 0. The molecule has 1 heterocycles. The van der Waals surface area contributed by atoms with Crippen LogP contribution >= 0.6 is 0 Å². The van der Waals surface area contributed by atoms with Crippen LogP contribution < -0.4 is 11.1 Å². The summed E-state index contributed by atoms with van der Waals surface area (Å²) in [6, 6.07) is 2.49. The van der Waals surface area contributed by atoms with E-state index in [1.165, 1.54) is 25.7 Å². The number of nitrogen functional groups attached to an aromatic ring is 1. The molecule has 4 heteroatoms. The monoisotopic (exact) mass is 246 g/mol. The van der Waals surface area contributed by atoms with E-state index in [2.05, 4.69) is 22.2 Å². The first-order valence-corrected chi connectivity index (χ1v) is 7.16. The zero-order chi connectivity index (χ0) is 12.5. The van der Waals surface area contributed by atoms with Crippen molar-refractivity contribution in [3.8, 4) is 0 Å². The number of rotatable bonds is 6. The van der Waals surface area contributed by atoms with Crippen molar-refractivity contribution in [1.82, 2.24) is 9.97 Å². The molecule has 98 valence electrons. The molecule has 3 N–H and O–H groups in total. The van der Waals surface area contributed by atoms with E-state index in [1.54, 1.807) is 0 Å². The van der Waals surface area contributed by atoms with Gasteiger partial charge in [-0.05, 0) is 43.9 Å². The molecule has 0 spiro atoms. The molecular weight excluding hydrogens is 224 g/mol. The Bertz CT molecular complexity index is 412. The summed E-state index contributed by atoms with van der Waals surface area (Å²) in [5, 5.41) is 3.61. The van der Waals surface area contributed by atoms with Crippen LogP contribution in [-0.2, 0) is 6.42 Å². The smallest absolute Gasteiger partial charge is 0.133 e. The van der Waals surface area contributed by atoms with E-state index in [9.17, 15) is 0 Å². The molecule has 3 rings (SSSR count). The zero-order valence-corrected chi connectivity index (χ0v) is 11.0. The summed E-state index contributed by atoms with van der Waals surface area (Å²) in [7, 11) is 0. The predicted molar refractivity (Wildman–Crippen MR) is 73.3 cm³/mol. The minimum atomic E-state index is 0.585. The molecule has 2 fully saturated rings. The van der Waals surface area contributed by atoms with E-state index in [1.807, 2.05) is 6.07 Å². The maximum absolute atomic E-state index is 5.86. The Kier molecular flexibility index (Phi) is 3.10. The van der Waals surface area contributed by atoms with Crippen molar-refractivity contribution in [2.45, 2.75) is 51.5 Å². The first kappa shape index (κ1) is 11.8. The lowest BCUT2D eigenvalue weighted by Gasteiger charge is -2.18. The molecule has 0 aliphatic heterocycles. The summed E-state index contributed by atoms with van der Waals surface area (Å²) in [5.74, 6) is 4.10. The maximum Gasteiger partial charge on any atom is 0.133 e. The Labute approximate surface area is 108 Å². The van der Waals surface area contributed by atoms with Gasteiger partial charge in [0.15, 0.2) is 0 Å². The highest BCUT2D eigenvalue weighted by molar-refractivity contribution is 5.46. The van der Waals surface area contributed by atoms with Gasteiger partial charge in [-0.2, -0.15) is 0 Å². The molecule has 0 atom stereocenters. The number of nitrogens with zero attached hydrogens (tertiary/aromatic N) is 2. The van der Waals surface area contributed by atoms with Gasteiger partial charge in [-0.15, -0.1) is 0 Å². The Morgan fingerprint density at radius 2 is 1.94 bits per heavy atom. The quantitative estimate of drug-likeness (QED) is 0.810. The third-order valence-electron chi connectivity index (χ3n) is 3.84. The van der Waals surface area contributed by atoms with Crippen molar-refractivity contribution in [1.29, 1.82) is 0 Å². The molecule has 0 aromatic carbocycles. The van der Waals surface area contributed by atoms with Gasteiger partial charge in [0.1, 0.15) is 17.5 Å². The Hall–Kier alpha value is -1.32. The number of nitrogens with two attached hydrogens (primary N) is 1. The van der Waals surface area contributed by atoms with Gasteiger partial charge < -0.3 is 11.1 Å². The molecule has 1 aromatic rings. The van der Waals surface area contributed by atoms with Crippen molar-refractivity contribution in [3.05, 3.63) is 11.9 Å². The summed E-state index contributed by atoms with van der Waals surface area (Å²) in [6.07, 6.45) is 7.44. The lowest BCUT2D eigenvalue weighted by molar-refractivity contribution is 0.565. The van der Waals surface area contributed by atoms with Gasteiger partial charge in [-0.1, -0.05) is 6.92 Å². The van der Waals surface area contributed by atoms with Gasteiger partial charge in [0.25, 0.3) is 0 Å². The highest BCUT2D eigenvalue weighted by Crippen LogP contribution is 2.45. The van der Waals surface area contributed by atoms with Crippen LogP contribution in [0.1, 0.15) is 44.9 Å². The van der Waals surface area contributed by atoms with E-state index < -0.39 is 0 Å². The average Bonchev–Trinajstić information content (AvgIpc) is 3.18. The average molecular weight is 246 g/mol. The Morgan fingerprint density at radius 1 is 1.28 bits per heavy atom. The molecule has 1 aromatic heterocycles. The van der Waals surface area contributed by atoms with E-state index in [0.717, 1.165) is 36.3 Å². The molecular formula is C14H22N4. The van der Waals surface area contributed by atoms with Crippen LogP contribution in [0.2, 0.25) is 0 Å². The minimum absolute atomic E-state index is 0.585. The van der Waals surface area contributed by atoms with Gasteiger partial charge in [-0.25, -0.2) is 9.97 Å². The summed E-state index contributed by atoms with van der Waals surface area (Å²) in [5.41, 5.74) is 5.86. The number of aryl methyl sites for hydroxylation is 1. The van der Waals surface area contributed by atoms with Crippen LogP contribution in [0.25, 0.3) is 0 Å². The topological polar surface area (TPSA) is 63.8 Å². The zero-order valence-electron chi connectivity index (χ0n) is 11.0. The molecule has 0 unspecified atom stereocenters. The van der Waals surface area contributed by atoms with Crippen LogP contribution in [0.15, 0.2) is 6.07 Å². The van der Waals surface area contributed by atoms with Gasteiger partial charge >= 0.3 is 0 Å². The van der Waals surface area contributed by atoms with Gasteiger partial charge in [0.2, 0.25) is 0 Å². The summed E-state index contributed by atoms with van der Waals surface area (Å²) in [4.78, 5) is 8.86. The van der Waals surface area contributed by atoms with Gasteiger partial charge in [0.05, 0.1) is 0 Å². The molecule has 4 nitrogen and oxygen atoms in total. The number of aromatic nitrogens is 2. The molecule has 0 saturated heterocycles. The number of anilines is 2. The molecule has 2 aliphatic rings. The minimum Gasteiger partial charge on any atom is -0.384 e. The molecule has 0 amide bonds. The number of hydrogen-bond donors (Lipinski definition) is 2. The van der Waals surface area contributed by atoms with Crippen LogP contribution in [0.5, 0.6) is 0 Å². The number of hydrogen-bond acceptors (Lipinski definition) is 4. The maximum atomic E-state index is 5.86. The highest BCUT2D eigenvalue weighted by Gasteiger charge is 2.41. The second-order valence-corrected chi connectivity index (χ2v) is 5.69. The van der Waals surface area contributed by atoms with E-state index in [4.69, 9.17) is 5.73 Å². The van der Waals surface area contributed by atoms with Crippen molar-refractivity contribution in [3.63, 3.8) is 0 Å². The van der Waals surface area contributed by atoms with E-state index in [-0.39, 0.29) is 0 Å². The molecule has 18 heavy (non-hydrogen) atoms. The van der Waals surface area contributed by atoms with E-state index >= 15 is 0 Å². The molecule has 0 bridgehead atoms. The lowest BCUT2D eigenvalue weighted by atomic mass is 10.1. The van der Waals surface area contributed by atoms with Gasteiger partial charge in [-0.3, -0.25) is 0 Å². The van der Waals surface area contributed by atoms with Crippen LogP contribution in [0, 0.1) is 11.8 Å². The molecule has 2 saturated carbocycles. The Morgan fingerprint density at radius 3 is 2.50 bits per heavy atom. The largest absolute Gasteiger partial charge is 0.384 e. The first-order chi connectivity index (χ1) is 8.76. The number of nitrogens with one attached hydrogen (secondary N) is 1. The van der Waals surface area contributed by atoms with Crippen LogP contribution in [0.4, 0.5) is 11.6 Å². The fourth-order valence-electron chi connectivity index (χ4n) is 2.63. The SMILES string of the molecule is CCCc1nc(N)cc(NC(C2CC2)C2CC2)n1. The van der Waals surface area contributed by atoms with Crippen molar-refractivity contribution in [2.24, 2.45) is 11.8 Å². The van der Waals surface area contributed by atoms with E-state index in [0.29, 0.717) is 11.9 Å². The third-order valence-corrected chi connectivity index (χ3v) is 3.84. The van der Waals surface area contributed by atoms with Crippen LogP contribution in [-0.4, -0.2) is 16.0 Å². The van der Waals surface area contributed by atoms with Crippen molar-refractivity contribution in [2.75, 3.05) is 11.1 Å². The Balaban J connectivity index is 1.73. The molecule has 2 aliphatic carbocycles. The second kappa shape index (κ2) is 4.75. The fourth-order valence-corrected chi connectivity index (χ4v) is 2.63. The van der Waals surface area contributed by atoms with Crippen molar-refractivity contribution < 1.29 is 0 Å².